The molecule has 2 fully saturated rings. The van der Waals surface area contributed by atoms with E-state index >= 15 is 0 Å². The van der Waals surface area contributed by atoms with Crippen LogP contribution in [0.25, 0.3) is 15.4 Å². The smallest absolute Gasteiger partial charge is 0.247 e. The molecule has 0 aliphatic carbocycles. The number of aryl methyl sites for hydroxylation is 3. The number of hydrogen-bond acceptors (Lipinski definition) is 19. The summed E-state index contributed by atoms with van der Waals surface area (Å²) in [6, 6.07) is 7.31. The number of amides is 9. The minimum atomic E-state index is -1.54. The molecule has 1 unspecified atom stereocenters. The van der Waals surface area contributed by atoms with Crippen LogP contribution in [0.4, 0.5) is 0 Å². The standard InChI is InChI=1S/C60H75ClN14O12S3/c1-32-34(3)90-59-48(32)49(36-14-16-39(61)17-15-36)68-40(54-73-72-35(4)75(54)59)25-44(76)63-18-20-85-21-22-86-23-24-87-28-46(78)64-26-41-55(81)69-42(53(62)80)29-88-30-47(79)70-52(60(5,6)7)58(84)74-19-8-9-43(74)56(82)71-50(57(83)65-27-45(77)67-41)37-10-12-38(13-11-37)51-33(2)66-31-89-51/h10-17,31,40-43,50,52H,8-9,18-30H2,1-7H3,(H2,62,80)(H,63,76)(H,64,78)(H,65,83)(H,67,77)(H,69,81)(H,70,79)(H,71,82)/t40-,41+,42+,43-,50+,52?/m0/s1. The van der Waals surface area contributed by atoms with Gasteiger partial charge >= 0.3 is 0 Å². The normalized spacial score (nSPS) is 20.6. The summed E-state index contributed by atoms with van der Waals surface area (Å²) in [4.78, 5) is 136. The predicted molar refractivity (Wildman–Crippen MR) is 339 cm³/mol. The number of primary amides is 1. The van der Waals surface area contributed by atoms with E-state index in [1.807, 2.05) is 42.7 Å². The summed E-state index contributed by atoms with van der Waals surface area (Å²) < 4.78 is 18.7. The number of thioether (sulfide) groups is 1. The molecule has 8 rings (SSSR count). The van der Waals surface area contributed by atoms with Crippen molar-refractivity contribution >= 4 is 105 Å². The number of thiophene rings is 1. The molecule has 6 heterocycles. The molecule has 0 saturated carbocycles. The van der Waals surface area contributed by atoms with Crippen molar-refractivity contribution in [2.45, 2.75) is 104 Å². The first-order valence-electron chi connectivity index (χ1n) is 29.3. The van der Waals surface area contributed by atoms with Crippen LogP contribution in [0.2, 0.25) is 5.02 Å². The molecule has 6 atom stereocenters. The van der Waals surface area contributed by atoms with E-state index < -0.39 is 109 Å². The number of halogens is 1. The monoisotopic (exact) mass is 1310 g/mol. The minimum absolute atomic E-state index is 0.00735. The van der Waals surface area contributed by atoms with Crippen molar-refractivity contribution in [2.24, 2.45) is 16.1 Å². The third kappa shape index (κ3) is 17.6. The Kier molecular flexibility index (Phi) is 23.8. The highest BCUT2D eigenvalue weighted by Crippen LogP contribution is 2.40. The van der Waals surface area contributed by atoms with Gasteiger partial charge in [-0.05, 0) is 74.8 Å². The number of ether oxygens (including phenoxy) is 3. The van der Waals surface area contributed by atoms with E-state index in [0.717, 1.165) is 60.2 Å². The largest absolute Gasteiger partial charge is 0.377 e. The second-order valence-corrected chi connectivity index (χ2v) is 26.3. The molecule has 3 aliphatic rings. The Morgan fingerprint density at radius 1 is 0.800 bits per heavy atom. The van der Waals surface area contributed by atoms with Gasteiger partial charge in [-0.3, -0.25) is 52.7 Å². The van der Waals surface area contributed by atoms with Gasteiger partial charge in [-0.1, -0.05) is 68.8 Å². The Bertz CT molecular complexity index is 3480. The predicted octanol–water partition coefficient (Wildman–Crippen LogP) is 2.60. The molecule has 3 aromatic heterocycles. The van der Waals surface area contributed by atoms with E-state index in [2.05, 4.69) is 66.2 Å². The van der Waals surface area contributed by atoms with Crippen molar-refractivity contribution in [1.82, 2.24) is 61.9 Å². The lowest BCUT2D eigenvalue weighted by Gasteiger charge is -2.35. The van der Waals surface area contributed by atoms with Crippen molar-refractivity contribution in [2.75, 3.05) is 77.3 Å². The molecule has 9 N–H and O–H groups in total. The quantitative estimate of drug-likeness (QED) is 0.0551. The van der Waals surface area contributed by atoms with E-state index in [0.29, 0.717) is 28.7 Å². The Labute approximate surface area is 537 Å². The lowest BCUT2D eigenvalue weighted by atomic mass is 9.85. The van der Waals surface area contributed by atoms with Crippen molar-refractivity contribution in [3.63, 3.8) is 0 Å². The molecule has 0 radical (unpaired) electrons. The van der Waals surface area contributed by atoms with Crippen LogP contribution in [0.1, 0.15) is 96.6 Å². The van der Waals surface area contributed by atoms with Crippen LogP contribution in [-0.4, -0.2) is 185 Å². The fourth-order valence-corrected chi connectivity index (χ4v) is 13.3. The Morgan fingerprint density at radius 2 is 1.50 bits per heavy atom. The van der Waals surface area contributed by atoms with E-state index in [4.69, 9.17) is 36.5 Å². The molecule has 26 nitrogen and oxygen atoms in total. The van der Waals surface area contributed by atoms with Gasteiger partial charge in [0, 0.05) is 46.4 Å². The summed E-state index contributed by atoms with van der Waals surface area (Å²) >= 11 is 10.2. The molecule has 2 aromatic carbocycles. The van der Waals surface area contributed by atoms with Crippen LogP contribution < -0.4 is 43.0 Å². The number of hydrogen-bond donors (Lipinski definition) is 8. The van der Waals surface area contributed by atoms with Gasteiger partial charge in [0.1, 0.15) is 53.7 Å². The van der Waals surface area contributed by atoms with E-state index in [9.17, 15) is 43.2 Å². The highest BCUT2D eigenvalue weighted by atomic mass is 35.5. The minimum Gasteiger partial charge on any atom is -0.377 e. The number of aliphatic imine (C=N–C) groups is 1. The SMILES string of the molecule is Cc1ncsc1-c1ccc([C@H]2NC(=O)[C@@H]3CCCN3C(=O)C(C(C)(C)C)NC(=O)CSC[C@H](C(N)=O)NC(=O)[C@@H](CNC(=O)COCCOCCOCCNC(=O)C[C@@H]3N=C(c4ccc(Cl)cc4)c4c(sc(C)c4C)-n4c(C)nnc43)NC(=O)CNC2=O)cc1. The molecule has 9 amide bonds. The van der Waals surface area contributed by atoms with Crippen LogP contribution in [0.5, 0.6) is 0 Å². The molecule has 482 valence electrons. The second-order valence-electron chi connectivity index (χ2n) is 22.7. The fourth-order valence-electron chi connectivity index (χ4n) is 10.2. The average molecular weight is 1320 g/mol. The summed E-state index contributed by atoms with van der Waals surface area (Å²) in [6.45, 7) is 12.5. The summed E-state index contributed by atoms with van der Waals surface area (Å²) in [5, 5.41) is 28.9. The number of fused-ring (bicyclic) bond motifs is 4. The molecular formula is C60H75ClN14O12S3. The van der Waals surface area contributed by atoms with Gasteiger partial charge in [0.2, 0.25) is 53.2 Å². The fraction of sp³-hybridized carbons (Fsp3) is 0.483. The number of rotatable bonds is 19. The summed E-state index contributed by atoms with van der Waals surface area (Å²) in [7, 11) is 0. The van der Waals surface area contributed by atoms with E-state index in [-0.39, 0.29) is 76.4 Å². The van der Waals surface area contributed by atoms with Crippen LogP contribution in [0.15, 0.2) is 59.0 Å². The van der Waals surface area contributed by atoms with Gasteiger partial charge in [0.15, 0.2) is 5.82 Å². The van der Waals surface area contributed by atoms with Crippen LogP contribution >= 0.6 is 46.0 Å². The lowest BCUT2D eigenvalue weighted by Crippen LogP contribution is -2.58. The Balaban J connectivity index is 0.819. The number of nitrogens with two attached hydrogens (primary N) is 1. The van der Waals surface area contributed by atoms with Gasteiger partial charge in [-0.15, -0.1) is 44.6 Å². The molecule has 3 aliphatic heterocycles. The summed E-state index contributed by atoms with van der Waals surface area (Å²) in [5.74, 6) is -5.42. The summed E-state index contributed by atoms with van der Waals surface area (Å²) in [6.07, 6.45) is 0.754. The van der Waals surface area contributed by atoms with Gasteiger partial charge in [-0.2, -0.15) is 0 Å². The second kappa shape index (κ2) is 31.4. The van der Waals surface area contributed by atoms with Crippen LogP contribution in [0.3, 0.4) is 0 Å². The third-order valence-corrected chi connectivity index (χ3v) is 18.6. The topological polar surface area (TPSA) is 351 Å². The average Bonchev–Trinajstić information content (AvgIpc) is 1.61. The Hall–Kier alpha value is -7.67. The number of aromatic nitrogens is 4. The van der Waals surface area contributed by atoms with Crippen molar-refractivity contribution < 1.29 is 57.4 Å². The van der Waals surface area contributed by atoms with E-state index in [1.54, 1.807) is 61.9 Å². The van der Waals surface area contributed by atoms with Crippen molar-refractivity contribution in [3.05, 3.63) is 104 Å². The molecule has 90 heavy (non-hydrogen) atoms. The van der Waals surface area contributed by atoms with E-state index in [1.165, 1.54) is 16.2 Å². The number of thiazole rings is 1. The first-order chi connectivity index (χ1) is 43.0. The molecule has 0 spiro atoms. The number of benzene rings is 2. The maximum atomic E-state index is 14.3. The first-order valence-corrected chi connectivity index (χ1v) is 32.5. The molecule has 30 heteroatoms. The zero-order valence-corrected chi connectivity index (χ0v) is 54.2. The highest BCUT2D eigenvalue weighted by molar-refractivity contribution is 8.00. The zero-order chi connectivity index (χ0) is 64.8. The van der Waals surface area contributed by atoms with Gasteiger partial charge < -0.3 is 62.1 Å². The first kappa shape index (κ1) is 68.2. The maximum Gasteiger partial charge on any atom is 0.247 e. The van der Waals surface area contributed by atoms with Crippen molar-refractivity contribution in [3.8, 4) is 15.4 Å². The van der Waals surface area contributed by atoms with Gasteiger partial charge in [-0.25, -0.2) is 4.98 Å². The molecule has 2 saturated heterocycles. The number of nitrogens with zero attached hydrogens (tertiary/aromatic N) is 6. The molecule has 5 aromatic rings. The number of carbonyl (C=O) groups excluding carboxylic acids is 9. The van der Waals surface area contributed by atoms with Crippen molar-refractivity contribution in [1.29, 1.82) is 0 Å². The van der Waals surface area contributed by atoms with Crippen LogP contribution in [-0.2, 0) is 57.4 Å². The van der Waals surface area contributed by atoms with Gasteiger partial charge in [0.25, 0.3) is 0 Å². The van der Waals surface area contributed by atoms with Crippen LogP contribution in [0, 0.1) is 33.1 Å². The Morgan fingerprint density at radius 3 is 2.19 bits per heavy atom. The zero-order valence-electron chi connectivity index (χ0n) is 51.0. The summed E-state index contributed by atoms with van der Waals surface area (Å²) in [5.41, 5.74) is 12.2. The number of nitrogens with one attached hydrogen (secondary N) is 7. The number of carbonyl (C=O) groups is 9. The van der Waals surface area contributed by atoms with Gasteiger partial charge in [0.05, 0.1) is 73.5 Å². The highest BCUT2D eigenvalue weighted by Gasteiger charge is 2.43. The molecular weight excluding hydrogens is 1240 g/mol. The lowest BCUT2D eigenvalue weighted by molar-refractivity contribution is -0.144. The molecule has 0 bridgehead atoms. The third-order valence-electron chi connectivity index (χ3n) is 15.1. The maximum absolute atomic E-state index is 14.3.